The number of carbonyl (C=O) groups is 1. The summed E-state index contributed by atoms with van der Waals surface area (Å²) < 4.78 is 6.56. The van der Waals surface area contributed by atoms with Gasteiger partial charge in [-0.1, -0.05) is 11.6 Å². The van der Waals surface area contributed by atoms with E-state index in [9.17, 15) is 4.79 Å². The number of nitrogens with zero attached hydrogens (tertiary/aromatic N) is 2. The highest BCUT2D eigenvalue weighted by Gasteiger charge is 2.21. The Morgan fingerprint density at radius 2 is 1.69 bits per heavy atom. The van der Waals surface area contributed by atoms with Crippen LogP contribution in [-0.2, 0) is 9.53 Å². The summed E-state index contributed by atoms with van der Waals surface area (Å²) in [6, 6.07) is 0. The number of hydrogen-bond donors (Lipinski definition) is 0. The highest BCUT2D eigenvalue weighted by Crippen LogP contribution is 2.17. The molecule has 0 aliphatic rings. The zero-order chi connectivity index (χ0) is 12.2. The van der Waals surface area contributed by atoms with Crippen LogP contribution < -0.4 is 12.4 Å². The lowest BCUT2D eigenvalue weighted by Crippen LogP contribution is -3.00. The normalized spacial score (nSPS) is 10.9. The third-order valence-corrected chi connectivity index (χ3v) is 2.43. The van der Waals surface area contributed by atoms with E-state index < -0.39 is 5.97 Å². The van der Waals surface area contributed by atoms with E-state index in [2.05, 4.69) is 0 Å². The number of esters is 1. The van der Waals surface area contributed by atoms with Crippen LogP contribution in [0.3, 0.4) is 0 Å². The van der Waals surface area contributed by atoms with Gasteiger partial charge in [-0.15, -0.1) is 0 Å². The molecule has 0 amide bonds. The average molecular weight is 290 g/mol. The quantitative estimate of drug-likeness (QED) is 0.207. The van der Waals surface area contributed by atoms with Crippen molar-refractivity contribution in [3.63, 3.8) is 0 Å². The molecule has 0 heterocycles. The maximum Gasteiger partial charge on any atom is 0.315 e. The van der Waals surface area contributed by atoms with Crippen LogP contribution in [0.1, 0.15) is 6.92 Å². The lowest BCUT2D eigenvalue weighted by atomic mass is 10.5. The third kappa shape index (κ3) is 5.58. The first-order valence-electron chi connectivity index (χ1n) is 4.23. The number of allylic oxidation sites excluding steroid dienone is 1. The van der Waals surface area contributed by atoms with Crippen molar-refractivity contribution in [2.24, 2.45) is 0 Å². The molecule has 0 atom stereocenters. The van der Waals surface area contributed by atoms with Crippen LogP contribution in [0.15, 0.2) is 10.9 Å². The number of hydrogen-bond acceptors (Lipinski definition) is 3. The number of halogens is 3. The Labute approximate surface area is 112 Å². The van der Waals surface area contributed by atoms with Gasteiger partial charge in [0.2, 0.25) is 5.76 Å². The lowest BCUT2D eigenvalue weighted by molar-refractivity contribution is -0.462. The van der Waals surface area contributed by atoms with Gasteiger partial charge in [-0.2, -0.15) is 0 Å². The second-order valence-corrected chi connectivity index (χ2v) is 4.01. The van der Waals surface area contributed by atoms with Crippen LogP contribution in [-0.4, -0.2) is 48.8 Å². The summed E-state index contributed by atoms with van der Waals surface area (Å²) >= 11 is 11.9. The minimum absolute atomic E-state index is 0. The van der Waals surface area contributed by atoms with Crippen LogP contribution in [0.5, 0.6) is 0 Å². The predicted molar refractivity (Wildman–Crippen MR) is 61.3 cm³/mol. The van der Waals surface area contributed by atoms with Crippen molar-refractivity contribution < 1.29 is 26.5 Å². The van der Waals surface area contributed by atoms with E-state index in [0.29, 0.717) is 0 Å². The molecule has 0 rings (SSSR count). The Morgan fingerprint density at radius 1 is 1.25 bits per heavy atom. The zero-order valence-electron chi connectivity index (χ0n) is 9.84. The molecule has 0 unspecified atom stereocenters. The summed E-state index contributed by atoms with van der Waals surface area (Å²) in [5.74, 6) is -0.314. The van der Waals surface area contributed by atoms with E-state index in [-0.39, 0.29) is 28.5 Å². The van der Waals surface area contributed by atoms with Gasteiger partial charge in [-0.3, -0.25) is 4.79 Å². The molecule has 0 aliphatic heterocycles. The maximum absolute atomic E-state index is 10.9. The fourth-order valence-corrected chi connectivity index (χ4v) is 1.02. The summed E-state index contributed by atoms with van der Waals surface area (Å²) in [7, 11) is 6.91. The van der Waals surface area contributed by atoms with E-state index in [0.717, 1.165) is 0 Å². The molecular weight excluding hydrogens is 274 g/mol. The summed E-state index contributed by atoms with van der Waals surface area (Å²) in [5.41, 5.74) is 0. The lowest BCUT2D eigenvalue weighted by Gasteiger charge is -2.13. The highest BCUT2D eigenvalue weighted by molar-refractivity contribution is 6.68. The Balaban J connectivity index is 0. The summed E-state index contributed by atoms with van der Waals surface area (Å²) in [4.78, 5) is 12.5. The predicted octanol–water partition coefficient (Wildman–Crippen LogP) is -1.57. The van der Waals surface area contributed by atoms with Crippen molar-refractivity contribution in [3.8, 4) is 0 Å². The highest BCUT2D eigenvalue weighted by atomic mass is 35.5. The molecule has 7 heteroatoms. The van der Waals surface area contributed by atoms with Crippen molar-refractivity contribution in [1.29, 1.82) is 0 Å². The van der Waals surface area contributed by atoms with Crippen LogP contribution in [0.2, 0.25) is 0 Å². The third-order valence-electron chi connectivity index (χ3n) is 1.41. The monoisotopic (exact) mass is 288 g/mol. The van der Waals surface area contributed by atoms with Gasteiger partial charge < -0.3 is 22.0 Å². The van der Waals surface area contributed by atoms with Gasteiger partial charge in [0, 0.05) is 21.0 Å². The molecule has 0 saturated heterocycles. The van der Waals surface area contributed by atoms with Crippen molar-refractivity contribution >= 4 is 34.3 Å². The van der Waals surface area contributed by atoms with E-state index in [1.54, 1.807) is 37.7 Å². The average Bonchev–Trinajstić information content (AvgIpc) is 2.11. The molecule has 0 saturated carbocycles. The van der Waals surface area contributed by atoms with Gasteiger partial charge in [-0.25, -0.2) is 4.58 Å². The standard InChI is InChI=1S/C9H15Cl2N2O2.ClH/c1-6(14)15-7(8(10)12(2)3)9(11)13(4)5;/h1-5H3;1H/q+1;/p-1. The largest absolute Gasteiger partial charge is 1.00 e. The molecule has 16 heavy (non-hydrogen) atoms. The smallest absolute Gasteiger partial charge is 0.315 e. The van der Waals surface area contributed by atoms with E-state index in [1.165, 1.54) is 6.92 Å². The molecule has 0 aliphatic carbocycles. The molecular formula is C9H15Cl3N2O2. The van der Waals surface area contributed by atoms with Gasteiger partial charge in [0.25, 0.3) is 0 Å². The molecule has 0 radical (unpaired) electrons. The first kappa shape index (κ1) is 17.9. The van der Waals surface area contributed by atoms with E-state index >= 15 is 0 Å². The molecule has 0 aromatic carbocycles. The minimum atomic E-state index is -0.468. The van der Waals surface area contributed by atoms with Gasteiger partial charge in [0.05, 0.1) is 0 Å². The van der Waals surface area contributed by atoms with Crippen molar-refractivity contribution in [1.82, 2.24) is 4.90 Å². The number of carbonyl (C=O) groups excluding carboxylic acids is 1. The van der Waals surface area contributed by atoms with E-state index in [4.69, 9.17) is 27.9 Å². The van der Waals surface area contributed by atoms with Gasteiger partial charge in [0.1, 0.15) is 14.1 Å². The van der Waals surface area contributed by atoms with Crippen molar-refractivity contribution in [2.75, 3.05) is 28.2 Å². The zero-order valence-corrected chi connectivity index (χ0v) is 12.1. The van der Waals surface area contributed by atoms with Crippen LogP contribution >= 0.6 is 23.2 Å². The maximum atomic E-state index is 10.9. The summed E-state index contributed by atoms with van der Waals surface area (Å²) in [5, 5.41) is 0.535. The van der Waals surface area contributed by atoms with Gasteiger partial charge in [-0.05, 0) is 11.6 Å². The Kier molecular flexibility index (Phi) is 8.70. The topological polar surface area (TPSA) is 32.6 Å². The molecule has 0 fully saturated rings. The van der Waals surface area contributed by atoms with Crippen molar-refractivity contribution in [3.05, 3.63) is 10.9 Å². The Hall–Kier alpha value is -0.450. The minimum Gasteiger partial charge on any atom is -1.00 e. The Morgan fingerprint density at radius 3 is 1.94 bits per heavy atom. The Bertz CT molecular complexity index is 321. The summed E-state index contributed by atoms with van der Waals surface area (Å²) in [6.45, 7) is 1.29. The molecule has 0 N–H and O–H groups in total. The van der Waals surface area contributed by atoms with E-state index in [1.807, 2.05) is 0 Å². The summed E-state index contributed by atoms with van der Waals surface area (Å²) in [6.07, 6.45) is 0. The molecule has 0 aromatic heterocycles. The first-order chi connectivity index (χ1) is 6.77. The SMILES string of the molecule is CC(=O)O/C(C(Cl)=[N+](C)C)=C(/Cl)N(C)C.[Cl-]. The second-order valence-electron chi connectivity index (χ2n) is 3.29. The number of ether oxygens (including phenoxy) is 1. The fourth-order valence-electron chi connectivity index (χ4n) is 0.719. The molecule has 4 nitrogen and oxygen atoms in total. The second kappa shape index (κ2) is 7.76. The van der Waals surface area contributed by atoms with Crippen LogP contribution in [0, 0.1) is 0 Å². The molecule has 0 bridgehead atoms. The number of rotatable bonds is 3. The molecule has 0 aromatic rings. The molecule has 94 valence electrons. The van der Waals surface area contributed by atoms with Crippen molar-refractivity contribution in [2.45, 2.75) is 6.92 Å². The van der Waals surface area contributed by atoms with Gasteiger partial charge in [0.15, 0.2) is 5.16 Å². The first-order valence-corrected chi connectivity index (χ1v) is 4.98. The molecule has 0 spiro atoms. The van der Waals surface area contributed by atoms with Gasteiger partial charge >= 0.3 is 11.1 Å². The van der Waals surface area contributed by atoms with Crippen LogP contribution in [0.4, 0.5) is 0 Å². The van der Waals surface area contributed by atoms with Crippen LogP contribution in [0.25, 0.3) is 0 Å². The fraction of sp³-hybridized carbons (Fsp3) is 0.556.